The lowest BCUT2D eigenvalue weighted by Crippen LogP contribution is -2.07. The van der Waals surface area contributed by atoms with Gasteiger partial charge in [-0.05, 0) is 60.0 Å². The second kappa shape index (κ2) is 11.9. The largest absolute Gasteiger partial charge is 0.478 e. The molecule has 0 aliphatic rings. The maximum absolute atomic E-state index is 15.5. The Morgan fingerprint density at radius 3 is 2.40 bits per heavy atom. The quantitative estimate of drug-likeness (QED) is 0.192. The van der Waals surface area contributed by atoms with Crippen LogP contribution in [0.1, 0.15) is 38.4 Å². The minimum Gasteiger partial charge on any atom is -0.478 e. The number of hydrogen-bond donors (Lipinski definition) is 1. The van der Waals surface area contributed by atoms with Gasteiger partial charge in [-0.3, -0.25) is 0 Å². The van der Waals surface area contributed by atoms with Crippen molar-refractivity contribution in [1.82, 2.24) is 14.5 Å². The number of carboxylic acid groups (broad SMARTS) is 1. The third-order valence-corrected chi connectivity index (χ3v) is 7.26. The predicted molar refractivity (Wildman–Crippen MR) is 160 cm³/mol. The maximum atomic E-state index is 15.5. The third kappa shape index (κ3) is 6.13. The summed E-state index contributed by atoms with van der Waals surface area (Å²) in [4.78, 5) is 20.9. The zero-order chi connectivity index (χ0) is 29.9. The van der Waals surface area contributed by atoms with Crippen LogP contribution in [0, 0.1) is 18.6 Å². The van der Waals surface area contributed by atoms with E-state index in [2.05, 4.69) is 4.98 Å². The highest BCUT2D eigenvalue weighted by Gasteiger charge is 2.17. The number of hydrogen-bond acceptors (Lipinski definition) is 4. The van der Waals surface area contributed by atoms with Crippen LogP contribution in [0.15, 0.2) is 103 Å². The van der Waals surface area contributed by atoms with Crippen molar-refractivity contribution in [2.24, 2.45) is 0 Å². The number of ether oxygens (including phenoxy) is 1. The molecular weight excluding hydrogens is 548 g/mol. The fourth-order valence-corrected chi connectivity index (χ4v) is 4.98. The molecular formula is C35H27F2N3O3. The Kier molecular flexibility index (Phi) is 7.66. The van der Waals surface area contributed by atoms with Gasteiger partial charge in [0.05, 0.1) is 22.3 Å². The fourth-order valence-electron chi connectivity index (χ4n) is 4.98. The zero-order valence-corrected chi connectivity index (χ0v) is 23.3. The Morgan fingerprint density at radius 1 is 0.837 bits per heavy atom. The molecule has 6 aromatic rings. The normalized spacial score (nSPS) is 11.1. The summed E-state index contributed by atoms with van der Waals surface area (Å²) in [5.41, 5.74) is 5.25. The molecule has 4 aromatic carbocycles. The Labute approximate surface area is 246 Å². The van der Waals surface area contributed by atoms with Crippen molar-refractivity contribution in [3.63, 3.8) is 0 Å². The topological polar surface area (TPSA) is 77.2 Å². The number of nitrogens with zero attached hydrogens (tertiary/aromatic N) is 3. The number of rotatable bonds is 9. The molecule has 214 valence electrons. The van der Waals surface area contributed by atoms with E-state index in [0.717, 1.165) is 11.1 Å². The van der Waals surface area contributed by atoms with E-state index in [-0.39, 0.29) is 24.4 Å². The van der Waals surface area contributed by atoms with E-state index in [1.165, 1.54) is 18.2 Å². The molecule has 6 nitrogen and oxygen atoms in total. The number of carbonyl (C=O) groups is 1. The molecule has 43 heavy (non-hydrogen) atoms. The summed E-state index contributed by atoms with van der Waals surface area (Å²) >= 11 is 0. The zero-order valence-electron chi connectivity index (χ0n) is 23.3. The van der Waals surface area contributed by atoms with Crippen molar-refractivity contribution in [3.8, 4) is 17.1 Å². The lowest BCUT2D eigenvalue weighted by Gasteiger charge is -2.12. The van der Waals surface area contributed by atoms with Crippen molar-refractivity contribution in [3.05, 3.63) is 148 Å². The monoisotopic (exact) mass is 575 g/mol. The van der Waals surface area contributed by atoms with Gasteiger partial charge in [0, 0.05) is 30.2 Å². The summed E-state index contributed by atoms with van der Waals surface area (Å²) in [5, 5.41) is 9.54. The molecule has 1 N–H and O–H groups in total. The Hall–Kier alpha value is -5.37. The number of aromatic carboxylic acids is 1. The van der Waals surface area contributed by atoms with Crippen molar-refractivity contribution >= 4 is 17.0 Å². The molecule has 0 unspecified atom stereocenters. The van der Waals surface area contributed by atoms with Crippen LogP contribution < -0.4 is 4.74 Å². The van der Waals surface area contributed by atoms with Crippen molar-refractivity contribution < 1.29 is 23.4 Å². The van der Waals surface area contributed by atoms with E-state index in [1.54, 1.807) is 48.5 Å². The number of halogens is 2. The highest BCUT2D eigenvalue weighted by Crippen LogP contribution is 2.26. The van der Waals surface area contributed by atoms with Gasteiger partial charge in [0.25, 0.3) is 0 Å². The van der Waals surface area contributed by atoms with E-state index in [9.17, 15) is 14.3 Å². The van der Waals surface area contributed by atoms with Gasteiger partial charge in [-0.25, -0.2) is 23.5 Å². The van der Waals surface area contributed by atoms with E-state index >= 15 is 4.39 Å². The Balaban J connectivity index is 1.26. The molecule has 0 atom stereocenters. The summed E-state index contributed by atoms with van der Waals surface area (Å²) in [6.45, 7) is 2.30. The summed E-state index contributed by atoms with van der Waals surface area (Å²) in [7, 11) is 0. The number of carboxylic acids is 1. The number of pyridine rings is 1. The highest BCUT2D eigenvalue weighted by atomic mass is 19.1. The Bertz CT molecular complexity index is 1950. The average Bonchev–Trinajstić information content (AvgIpc) is 3.34. The number of aryl methyl sites for hydroxylation is 1. The van der Waals surface area contributed by atoms with Crippen LogP contribution in [0.25, 0.3) is 22.3 Å². The molecule has 0 amide bonds. The smallest absolute Gasteiger partial charge is 0.335 e. The first-order chi connectivity index (χ1) is 20.8. The molecule has 6 rings (SSSR count). The molecule has 2 aromatic heterocycles. The molecule has 0 radical (unpaired) electrons. The third-order valence-electron chi connectivity index (χ3n) is 7.26. The highest BCUT2D eigenvalue weighted by molar-refractivity contribution is 5.92. The Morgan fingerprint density at radius 2 is 1.63 bits per heavy atom. The van der Waals surface area contributed by atoms with Crippen molar-refractivity contribution in [1.29, 1.82) is 0 Å². The molecule has 0 bridgehead atoms. The summed E-state index contributed by atoms with van der Waals surface area (Å²) in [6.07, 6.45) is 0.203. The maximum Gasteiger partial charge on any atom is 0.335 e. The van der Waals surface area contributed by atoms with Gasteiger partial charge in [-0.1, -0.05) is 60.7 Å². The van der Waals surface area contributed by atoms with Crippen LogP contribution in [0.2, 0.25) is 0 Å². The van der Waals surface area contributed by atoms with E-state index in [0.29, 0.717) is 51.7 Å². The van der Waals surface area contributed by atoms with Gasteiger partial charge in [-0.2, -0.15) is 0 Å². The molecule has 8 heteroatoms. The van der Waals surface area contributed by atoms with Gasteiger partial charge in [0.15, 0.2) is 0 Å². The number of benzene rings is 4. The van der Waals surface area contributed by atoms with Crippen LogP contribution in [0.5, 0.6) is 5.88 Å². The number of fused-ring (bicyclic) bond motifs is 1. The van der Waals surface area contributed by atoms with E-state index < -0.39 is 11.8 Å². The van der Waals surface area contributed by atoms with Crippen molar-refractivity contribution in [2.75, 3.05) is 0 Å². The first-order valence-corrected chi connectivity index (χ1v) is 13.7. The van der Waals surface area contributed by atoms with E-state index in [4.69, 9.17) is 9.72 Å². The SMILES string of the molecule is Cc1ccc(COc2cccc(-c3ccc(Cc4nc5ccc(C(=O)O)cc5n4Cc4ccccc4)c(F)c3)n2)c(F)c1. The van der Waals surface area contributed by atoms with Crippen LogP contribution in [0.4, 0.5) is 8.78 Å². The second-order valence-electron chi connectivity index (χ2n) is 10.3. The van der Waals surface area contributed by atoms with Gasteiger partial charge < -0.3 is 14.4 Å². The molecule has 0 aliphatic carbocycles. The van der Waals surface area contributed by atoms with Crippen LogP contribution in [0.3, 0.4) is 0 Å². The standard InChI is InChI=1S/C35H27F2N3O3/c1-22-10-11-27(28(36)16-22)21-43-34-9-5-8-30(39-34)25-13-12-24(29(37)17-25)19-33-38-31-15-14-26(35(41)42)18-32(31)40(33)20-23-6-3-2-4-7-23/h2-18H,19-21H2,1H3,(H,41,42). The molecule has 0 aliphatic heterocycles. The van der Waals surface area contributed by atoms with Crippen LogP contribution in [-0.4, -0.2) is 25.6 Å². The summed E-state index contributed by atoms with van der Waals surface area (Å²) < 4.78 is 37.4. The lowest BCUT2D eigenvalue weighted by molar-refractivity contribution is 0.0697. The average molecular weight is 576 g/mol. The van der Waals surface area contributed by atoms with Gasteiger partial charge in [-0.15, -0.1) is 0 Å². The van der Waals surface area contributed by atoms with E-state index in [1.807, 2.05) is 47.9 Å². The molecule has 0 fully saturated rings. The number of aromatic nitrogens is 3. The van der Waals surface area contributed by atoms with Gasteiger partial charge >= 0.3 is 5.97 Å². The van der Waals surface area contributed by atoms with Gasteiger partial charge in [0.2, 0.25) is 5.88 Å². The van der Waals surface area contributed by atoms with Crippen LogP contribution in [-0.2, 0) is 19.6 Å². The predicted octanol–water partition coefficient (Wildman–Crippen LogP) is 7.60. The first-order valence-electron chi connectivity index (χ1n) is 13.7. The number of imidazole rings is 1. The molecule has 0 saturated heterocycles. The lowest BCUT2D eigenvalue weighted by atomic mass is 10.1. The van der Waals surface area contributed by atoms with Crippen LogP contribution >= 0.6 is 0 Å². The second-order valence-corrected chi connectivity index (χ2v) is 10.3. The molecule has 0 saturated carbocycles. The fraction of sp³-hybridized carbons (Fsp3) is 0.114. The van der Waals surface area contributed by atoms with Gasteiger partial charge in [0.1, 0.15) is 24.1 Å². The first kappa shape index (κ1) is 27.8. The minimum atomic E-state index is -1.03. The molecule has 2 heterocycles. The minimum absolute atomic E-state index is 0.0216. The molecule has 0 spiro atoms. The summed E-state index contributed by atoms with van der Waals surface area (Å²) in [6, 6.07) is 29.6. The summed E-state index contributed by atoms with van der Waals surface area (Å²) in [5.74, 6) is -0.865. The van der Waals surface area contributed by atoms with Crippen molar-refractivity contribution in [2.45, 2.75) is 26.5 Å².